The molecule has 0 amide bonds. The van der Waals surface area contributed by atoms with E-state index >= 15 is 0 Å². The Bertz CT molecular complexity index is 739. The summed E-state index contributed by atoms with van der Waals surface area (Å²) in [6, 6.07) is 15.9. The van der Waals surface area contributed by atoms with Crippen LogP contribution in [0, 0.1) is 6.92 Å². The Balaban J connectivity index is 2.07. The van der Waals surface area contributed by atoms with E-state index in [0.717, 1.165) is 27.9 Å². The number of nitrogens with one attached hydrogen (secondary N) is 1. The van der Waals surface area contributed by atoms with Gasteiger partial charge in [-0.1, -0.05) is 24.3 Å². The fraction of sp³-hybridized carbons (Fsp3) is 0.125. The van der Waals surface area contributed by atoms with E-state index in [-0.39, 0.29) is 6.04 Å². The van der Waals surface area contributed by atoms with E-state index in [2.05, 4.69) is 21.5 Å². The third kappa shape index (κ3) is 2.39. The highest BCUT2D eigenvalue weighted by Crippen LogP contribution is 2.22. The number of hydrogen-bond acceptors (Lipinski definition) is 4. The average Bonchev–Trinajstić information content (AvgIpc) is 2.48. The molecule has 3 rings (SSSR count). The molecular formula is C16H16N4. The molecule has 100 valence electrons. The first kappa shape index (κ1) is 12.7. The van der Waals surface area contributed by atoms with Crippen LogP contribution in [-0.2, 0) is 0 Å². The van der Waals surface area contributed by atoms with Crippen LogP contribution in [0.25, 0.3) is 10.9 Å². The van der Waals surface area contributed by atoms with Gasteiger partial charge in [0.2, 0.25) is 0 Å². The Morgan fingerprint density at radius 1 is 1.10 bits per heavy atom. The fourth-order valence-corrected chi connectivity index (χ4v) is 2.32. The quantitative estimate of drug-likeness (QED) is 0.563. The van der Waals surface area contributed by atoms with Gasteiger partial charge >= 0.3 is 0 Å². The van der Waals surface area contributed by atoms with Crippen LogP contribution in [-0.4, -0.2) is 9.97 Å². The van der Waals surface area contributed by atoms with Gasteiger partial charge in [0.1, 0.15) is 0 Å². The van der Waals surface area contributed by atoms with Crippen molar-refractivity contribution in [2.24, 2.45) is 5.84 Å². The van der Waals surface area contributed by atoms with E-state index in [1.165, 1.54) is 0 Å². The van der Waals surface area contributed by atoms with Gasteiger partial charge in [0, 0.05) is 17.3 Å². The smallest absolute Gasteiger partial charge is 0.0896 e. The minimum absolute atomic E-state index is 0.160. The number of aromatic nitrogens is 2. The molecule has 0 bridgehead atoms. The van der Waals surface area contributed by atoms with Crippen molar-refractivity contribution in [1.82, 2.24) is 15.4 Å². The molecule has 0 aliphatic rings. The first-order valence-corrected chi connectivity index (χ1v) is 6.52. The van der Waals surface area contributed by atoms with E-state index in [1.54, 1.807) is 0 Å². The Kier molecular flexibility index (Phi) is 3.41. The van der Waals surface area contributed by atoms with Crippen LogP contribution in [0.4, 0.5) is 0 Å². The maximum absolute atomic E-state index is 5.71. The fourth-order valence-electron chi connectivity index (χ4n) is 2.32. The van der Waals surface area contributed by atoms with Crippen molar-refractivity contribution in [1.29, 1.82) is 0 Å². The van der Waals surface area contributed by atoms with Gasteiger partial charge in [-0.2, -0.15) is 0 Å². The van der Waals surface area contributed by atoms with Crippen molar-refractivity contribution in [3.8, 4) is 0 Å². The summed E-state index contributed by atoms with van der Waals surface area (Å²) in [7, 11) is 0. The predicted molar refractivity (Wildman–Crippen MR) is 79.9 cm³/mol. The van der Waals surface area contributed by atoms with Crippen LogP contribution >= 0.6 is 0 Å². The maximum Gasteiger partial charge on any atom is 0.0896 e. The van der Waals surface area contributed by atoms with Gasteiger partial charge in [-0.3, -0.25) is 15.8 Å². The second kappa shape index (κ2) is 5.36. The number of fused-ring (bicyclic) bond motifs is 1. The summed E-state index contributed by atoms with van der Waals surface area (Å²) in [6.45, 7) is 1.97. The van der Waals surface area contributed by atoms with Crippen LogP contribution in [0.15, 0.2) is 54.7 Å². The maximum atomic E-state index is 5.71. The van der Waals surface area contributed by atoms with Gasteiger partial charge in [0.15, 0.2) is 0 Å². The average molecular weight is 264 g/mol. The lowest BCUT2D eigenvalue weighted by Crippen LogP contribution is -2.29. The first-order chi connectivity index (χ1) is 9.78. The Labute approximate surface area is 117 Å². The van der Waals surface area contributed by atoms with E-state index in [9.17, 15) is 0 Å². The molecule has 20 heavy (non-hydrogen) atoms. The van der Waals surface area contributed by atoms with Gasteiger partial charge in [-0.05, 0) is 36.8 Å². The molecule has 1 unspecified atom stereocenters. The number of hydrazine groups is 1. The Morgan fingerprint density at radius 3 is 2.75 bits per heavy atom. The van der Waals surface area contributed by atoms with Crippen LogP contribution < -0.4 is 11.3 Å². The number of benzene rings is 1. The standard InChI is InChI=1S/C16H16N4/c1-11-5-4-8-15(19-11)16(20-17)13-9-12-6-2-3-7-14(12)18-10-13/h2-10,16,20H,17H2,1H3. The highest BCUT2D eigenvalue weighted by atomic mass is 15.2. The van der Waals surface area contributed by atoms with Crippen molar-refractivity contribution < 1.29 is 0 Å². The Hall–Kier alpha value is -2.30. The van der Waals surface area contributed by atoms with Crippen molar-refractivity contribution in [2.75, 3.05) is 0 Å². The Morgan fingerprint density at radius 2 is 1.95 bits per heavy atom. The topological polar surface area (TPSA) is 63.8 Å². The summed E-state index contributed by atoms with van der Waals surface area (Å²) < 4.78 is 0. The van der Waals surface area contributed by atoms with Crippen molar-refractivity contribution >= 4 is 10.9 Å². The number of aryl methyl sites for hydroxylation is 1. The second-order valence-corrected chi connectivity index (χ2v) is 4.76. The van der Waals surface area contributed by atoms with Gasteiger partial charge in [-0.15, -0.1) is 0 Å². The summed E-state index contributed by atoms with van der Waals surface area (Å²) in [6.07, 6.45) is 1.84. The summed E-state index contributed by atoms with van der Waals surface area (Å²) in [4.78, 5) is 9.01. The summed E-state index contributed by atoms with van der Waals surface area (Å²) in [5.41, 5.74) is 6.67. The number of nitrogens with two attached hydrogens (primary N) is 1. The van der Waals surface area contributed by atoms with Gasteiger partial charge in [-0.25, -0.2) is 5.43 Å². The first-order valence-electron chi connectivity index (χ1n) is 6.52. The van der Waals surface area contributed by atoms with Crippen molar-refractivity contribution in [2.45, 2.75) is 13.0 Å². The van der Waals surface area contributed by atoms with E-state index < -0.39 is 0 Å². The lowest BCUT2D eigenvalue weighted by atomic mass is 10.0. The number of rotatable bonds is 3. The zero-order valence-corrected chi connectivity index (χ0v) is 11.2. The van der Waals surface area contributed by atoms with Crippen molar-refractivity contribution in [3.05, 3.63) is 71.7 Å². The summed E-state index contributed by atoms with van der Waals surface area (Å²) in [5, 5.41) is 1.10. The van der Waals surface area contributed by atoms with Gasteiger partial charge in [0.25, 0.3) is 0 Å². The molecule has 0 saturated heterocycles. The highest BCUT2D eigenvalue weighted by molar-refractivity contribution is 5.78. The molecule has 1 aromatic carbocycles. The van der Waals surface area contributed by atoms with E-state index in [0.29, 0.717) is 0 Å². The minimum Gasteiger partial charge on any atom is -0.271 e. The third-order valence-electron chi connectivity index (χ3n) is 3.32. The molecule has 2 aromatic heterocycles. The molecule has 1 atom stereocenters. The predicted octanol–water partition coefficient (Wildman–Crippen LogP) is 2.49. The molecule has 0 aliphatic heterocycles. The van der Waals surface area contributed by atoms with E-state index in [1.807, 2.05) is 55.6 Å². The summed E-state index contributed by atoms with van der Waals surface area (Å²) >= 11 is 0. The normalized spacial score (nSPS) is 12.5. The largest absolute Gasteiger partial charge is 0.271 e. The number of hydrogen-bond donors (Lipinski definition) is 2. The molecule has 3 N–H and O–H groups in total. The molecule has 2 heterocycles. The van der Waals surface area contributed by atoms with Crippen LogP contribution in [0.2, 0.25) is 0 Å². The van der Waals surface area contributed by atoms with Crippen molar-refractivity contribution in [3.63, 3.8) is 0 Å². The zero-order valence-electron chi connectivity index (χ0n) is 11.2. The lowest BCUT2D eigenvalue weighted by molar-refractivity contribution is 0.618. The molecule has 0 aliphatic carbocycles. The number of nitrogens with zero attached hydrogens (tertiary/aromatic N) is 2. The van der Waals surface area contributed by atoms with Crippen LogP contribution in [0.1, 0.15) is 23.0 Å². The molecule has 0 fully saturated rings. The van der Waals surface area contributed by atoms with Gasteiger partial charge < -0.3 is 0 Å². The highest BCUT2D eigenvalue weighted by Gasteiger charge is 2.14. The number of pyridine rings is 2. The van der Waals surface area contributed by atoms with Crippen LogP contribution in [0.5, 0.6) is 0 Å². The zero-order chi connectivity index (χ0) is 13.9. The third-order valence-corrected chi connectivity index (χ3v) is 3.32. The molecule has 4 nitrogen and oxygen atoms in total. The van der Waals surface area contributed by atoms with Crippen LogP contribution in [0.3, 0.4) is 0 Å². The SMILES string of the molecule is Cc1cccc(C(NN)c2cnc3ccccc3c2)n1. The summed E-state index contributed by atoms with van der Waals surface area (Å²) in [5.74, 6) is 5.71. The monoisotopic (exact) mass is 264 g/mol. The molecule has 0 spiro atoms. The van der Waals surface area contributed by atoms with Gasteiger partial charge in [0.05, 0.1) is 17.3 Å². The molecule has 0 saturated carbocycles. The minimum atomic E-state index is -0.160. The molecular weight excluding hydrogens is 248 g/mol. The molecule has 3 aromatic rings. The second-order valence-electron chi connectivity index (χ2n) is 4.76. The lowest BCUT2D eigenvalue weighted by Gasteiger charge is -2.16. The molecule has 4 heteroatoms. The number of para-hydroxylation sites is 1. The van der Waals surface area contributed by atoms with E-state index in [4.69, 9.17) is 5.84 Å². The molecule has 0 radical (unpaired) electrons.